The third-order valence-corrected chi connectivity index (χ3v) is 4.77. The molecule has 2 rings (SSSR count). The quantitative estimate of drug-likeness (QED) is 0.797. The van der Waals surface area contributed by atoms with Crippen LogP contribution in [0, 0.1) is 0 Å². The number of amides is 2. The predicted octanol–water partition coefficient (Wildman–Crippen LogP) is 0.630. The molecule has 0 bridgehead atoms. The molecule has 7 heteroatoms. The fourth-order valence-electron chi connectivity index (χ4n) is 2.59. The van der Waals surface area contributed by atoms with E-state index in [-0.39, 0.29) is 30.3 Å². The van der Waals surface area contributed by atoms with E-state index in [9.17, 15) is 9.59 Å². The van der Waals surface area contributed by atoms with Gasteiger partial charge in [-0.1, -0.05) is 6.92 Å². The van der Waals surface area contributed by atoms with Crippen LogP contribution >= 0.6 is 24.2 Å². The first-order valence-electron chi connectivity index (χ1n) is 7.07. The number of likely N-dealkylation sites (tertiary alicyclic amines) is 1. The predicted molar refractivity (Wildman–Crippen MR) is 84.4 cm³/mol. The first-order chi connectivity index (χ1) is 9.19. The third-order valence-electron chi connectivity index (χ3n) is 3.64. The Hall–Kier alpha value is -0.460. The molecule has 0 aromatic heterocycles. The van der Waals surface area contributed by atoms with E-state index in [0.29, 0.717) is 25.4 Å². The van der Waals surface area contributed by atoms with Crippen LogP contribution < -0.4 is 10.6 Å². The lowest BCUT2D eigenvalue weighted by atomic mass is 10.2. The van der Waals surface area contributed by atoms with Crippen molar-refractivity contribution in [2.45, 2.75) is 38.3 Å². The van der Waals surface area contributed by atoms with Crippen LogP contribution in [0.1, 0.15) is 26.2 Å². The van der Waals surface area contributed by atoms with Crippen LogP contribution in [0.25, 0.3) is 0 Å². The van der Waals surface area contributed by atoms with E-state index >= 15 is 0 Å². The number of hydrogen-bond donors (Lipinski definition) is 2. The van der Waals surface area contributed by atoms with Crippen LogP contribution in [0.3, 0.4) is 0 Å². The largest absolute Gasteiger partial charge is 0.351 e. The summed E-state index contributed by atoms with van der Waals surface area (Å²) in [7, 11) is 0. The Kier molecular flexibility index (Phi) is 7.69. The summed E-state index contributed by atoms with van der Waals surface area (Å²) in [6.07, 6.45) is 1.97. The van der Waals surface area contributed by atoms with E-state index < -0.39 is 0 Å². The van der Waals surface area contributed by atoms with Crippen molar-refractivity contribution in [1.29, 1.82) is 0 Å². The minimum absolute atomic E-state index is 0. The Labute approximate surface area is 131 Å². The Balaban J connectivity index is 0.00000200. The summed E-state index contributed by atoms with van der Waals surface area (Å²) in [4.78, 5) is 25.4. The zero-order valence-electron chi connectivity index (χ0n) is 11.9. The van der Waals surface area contributed by atoms with Gasteiger partial charge in [-0.2, -0.15) is 11.8 Å². The monoisotopic (exact) mass is 321 g/mol. The maximum atomic E-state index is 11.9. The molecule has 2 aliphatic heterocycles. The zero-order chi connectivity index (χ0) is 13.7. The molecule has 0 spiro atoms. The van der Waals surface area contributed by atoms with Gasteiger partial charge in [0.1, 0.15) is 0 Å². The summed E-state index contributed by atoms with van der Waals surface area (Å²) in [5.41, 5.74) is 0. The lowest BCUT2D eigenvalue weighted by molar-refractivity contribution is -0.130. The van der Waals surface area contributed by atoms with Crippen molar-refractivity contribution < 1.29 is 9.59 Å². The van der Waals surface area contributed by atoms with Gasteiger partial charge < -0.3 is 15.5 Å². The molecule has 0 radical (unpaired) electrons. The molecule has 116 valence electrons. The maximum Gasteiger partial charge on any atom is 0.222 e. The van der Waals surface area contributed by atoms with Crippen molar-refractivity contribution in [3.05, 3.63) is 0 Å². The average Bonchev–Trinajstić information content (AvgIpc) is 2.87. The molecule has 2 saturated heterocycles. The number of rotatable bonds is 4. The summed E-state index contributed by atoms with van der Waals surface area (Å²) in [5.74, 6) is 2.44. The minimum atomic E-state index is 0. The molecule has 0 saturated carbocycles. The Morgan fingerprint density at radius 1 is 1.45 bits per heavy atom. The van der Waals surface area contributed by atoms with Crippen LogP contribution in [-0.2, 0) is 9.59 Å². The van der Waals surface area contributed by atoms with Crippen molar-refractivity contribution in [3.63, 3.8) is 0 Å². The summed E-state index contributed by atoms with van der Waals surface area (Å²) >= 11 is 1.90. The lowest BCUT2D eigenvalue weighted by Gasteiger charge is -2.23. The maximum absolute atomic E-state index is 11.9. The summed E-state index contributed by atoms with van der Waals surface area (Å²) in [5, 5.41) is 6.42. The van der Waals surface area contributed by atoms with Gasteiger partial charge in [0.15, 0.2) is 0 Å². The molecule has 20 heavy (non-hydrogen) atoms. The Morgan fingerprint density at radius 3 is 2.90 bits per heavy atom. The molecule has 2 fully saturated rings. The molecule has 2 aliphatic rings. The van der Waals surface area contributed by atoms with Crippen molar-refractivity contribution >= 4 is 36.0 Å². The van der Waals surface area contributed by atoms with E-state index in [2.05, 4.69) is 10.6 Å². The number of halogens is 1. The van der Waals surface area contributed by atoms with Gasteiger partial charge in [-0.3, -0.25) is 9.59 Å². The molecule has 0 aromatic rings. The molecule has 2 heterocycles. The van der Waals surface area contributed by atoms with Crippen LogP contribution in [0.2, 0.25) is 0 Å². The number of nitrogens with zero attached hydrogens (tertiary/aromatic N) is 1. The number of hydrogen-bond acceptors (Lipinski definition) is 4. The van der Waals surface area contributed by atoms with E-state index in [1.54, 1.807) is 0 Å². The molecular weight excluding hydrogens is 298 g/mol. The first-order valence-corrected chi connectivity index (χ1v) is 8.22. The topological polar surface area (TPSA) is 61.4 Å². The molecule has 2 amide bonds. The van der Waals surface area contributed by atoms with Crippen molar-refractivity contribution in [2.24, 2.45) is 0 Å². The fourth-order valence-corrected chi connectivity index (χ4v) is 3.54. The van der Waals surface area contributed by atoms with Crippen molar-refractivity contribution in [2.75, 3.05) is 31.1 Å². The third kappa shape index (κ3) is 5.14. The van der Waals surface area contributed by atoms with Crippen molar-refractivity contribution in [1.82, 2.24) is 15.5 Å². The van der Waals surface area contributed by atoms with Crippen LogP contribution in [0.4, 0.5) is 0 Å². The van der Waals surface area contributed by atoms with Gasteiger partial charge in [0, 0.05) is 56.1 Å². The van der Waals surface area contributed by atoms with Gasteiger partial charge in [-0.15, -0.1) is 12.4 Å². The summed E-state index contributed by atoms with van der Waals surface area (Å²) in [6.45, 7) is 4.31. The van der Waals surface area contributed by atoms with Crippen LogP contribution in [-0.4, -0.2) is 59.9 Å². The normalized spacial score (nSPS) is 25.9. The van der Waals surface area contributed by atoms with Gasteiger partial charge in [0.25, 0.3) is 0 Å². The molecule has 2 atom stereocenters. The Bertz CT molecular complexity index is 338. The second-order valence-corrected chi connectivity index (χ2v) is 6.33. The smallest absolute Gasteiger partial charge is 0.222 e. The van der Waals surface area contributed by atoms with Crippen LogP contribution in [0.5, 0.6) is 0 Å². The lowest BCUT2D eigenvalue weighted by Crippen LogP contribution is -2.44. The van der Waals surface area contributed by atoms with Crippen LogP contribution in [0.15, 0.2) is 0 Å². The fraction of sp³-hybridized carbons (Fsp3) is 0.846. The SMILES string of the molecule is CCC(=O)N1CCC(NC(=O)CC2CSCCN2)C1.Cl. The highest BCUT2D eigenvalue weighted by Gasteiger charge is 2.27. The molecule has 0 aliphatic carbocycles. The van der Waals surface area contributed by atoms with E-state index in [1.165, 1.54) is 0 Å². The highest BCUT2D eigenvalue weighted by atomic mass is 35.5. The first kappa shape index (κ1) is 17.6. The minimum Gasteiger partial charge on any atom is -0.351 e. The number of thioether (sulfide) groups is 1. The highest BCUT2D eigenvalue weighted by Crippen LogP contribution is 2.13. The number of carbonyl (C=O) groups is 2. The highest BCUT2D eigenvalue weighted by molar-refractivity contribution is 7.99. The number of carbonyl (C=O) groups excluding carboxylic acids is 2. The Morgan fingerprint density at radius 2 is 2.25 bits per heavy atom. The summed E-state index contributed by atoms with van der Waals surface area (Å²) in [6, 6.07) is 0.438. The van der Waals surface area contributed by atoms with Gasteiger partial charge >= 0.3 is 0 Å². The second-order valence-electron chi connectivity index (χ2n) is 5.18. The van der Waals surface area contributed by atoms with Gasteiger partial charge in [-0.25, -0.2) is 0 Å². The van der Waals surface area contributed by atoms with E-state index in [4.69, 9.17) is 0 Å². The summed E-state index contributed by atoms with van der Waals surface area (Å²) < 4.78 is 0. The molecule has 2 unspecified atom stereocenters. The molecule has 2 N–H and O–H groups in total. The molecule has 5 nitrogen and oxygen atoms in total. The van der Waals surface area contributed by atoms with E-state index in [1.807, 2.05) is 23.6 Å². The van der Waals surface area contributed by atoms with Crippen molar-refractivity contribution in [3.8, 4) is 0 Å². The van der Waals surface area contributed by atoms with Gasteiger partial charge in [0.2, 0.25) is 11.8 Å². The molecule has 0 aromatic carbocycles. The average molecular weight is 322 g/mol. The van der Waals surface area contributed by atoms with Gasteiger partial charge in [-0.05, 0) is 6.42 Å². The van der Waals surface area contributed by atoms with E-state index in [0.717, 1.165) is 31.0 Å². The number of nitrogens with one attached hydrogen (secondary N) is 2. The van der Waals surface area contributed by atoms with Gasteiger partial charge in [0.05, 0.1) is 0 Å². The second kappa shape index (κ2) is 8.74. The standard InChI is InChI=1S/C13H23N3O2S.ClH/c1-2-13(18)16-5-3-10(8-16)15-12(17)7-11-9-19-6-4-14-11;/h10-11,14H,2-9H2,1H3,(H,15,17);1H. The zero-order valence-corrected chi connectivity index (χ0v) is 13.5. The molecular formula is C13H24ClN3O2S.